The van der Waals surface area contributed by atoms with Crippen molar-refractivity contribution in [2.45, 2.75) is 39.3 Å². The summed E-state index contributed by atoms with van der Waals surface area (Å²) in [6.07, 6.45) is 3.08. The summed E-state index contributed by atoms with van der Waals surface area (Å²) in [4.78, 5) is 18.4. The topological polar surface area (TPSA) is 70.4 Å². The van der Waals surface area contributed by atoms with Gasteiger partial charge in [0.2, 0.25) is 5.91 Å². The van der Waals surface area contributed by atoms with Gasteiger partial charge in [0.05, 0.1) is 30.0 Å². The van der Waals surface area contributed by atoms with E-state index in [-0.39, 0.29) is 11.8 Å². The molecular formula is C19H28N4O2. The molecule has 0 saturated carbocycles. The summed E-state index contributed by atoms with van der Waals surface area (Å²) in [5, 5.41) is 13.2. The third-order valence-corrected chi connectivity index (χ3v) is 5.32. The second-order valence-corrected chi connectivity index (χ2v) is 7.17. The number of hydrogen-bond donors (Lipinski definition) is 2. The maximum absolute atomic E-state index is 11.7. The standard InChI is InChI=1S/C19H28N4O2/c1-13-8-17-18(9-14(13)2)23(12-21-17)11-16(24)10-22-6-4-15(5-7-22)19(25)20-3/h8-9,12,15-16,24H,4-7,10-11H2,1-3H3,(H,20,25). The average molecular weight is 344 g/mol. The Morgan fingerprint density at radius 2 is 1.96 bits per heavy atom. The van der Waals surface area contributed by atoms with Crippen molar-refractivity contribution in [2.75, 3.05) is 26.7 Å². The first-order chi connectivity index (χ1) is 12.0. The molecule has 25 heavy (non-hydrogen) atoms. The molecule has 1 aromatic heterocycles. The average Bonchev–Trinajstić information content (AvgIpc) is 2.97. The SMILES string of the molecule is CNC(=O)C1CCN(CC(O)Cn2cnc3cc(C)c(C)cc32)CC1. The van der Waals surface area contributed by atoms with E-state index in [1.807, 2.05) is 10.9 Å². The van der Waals surface area contributed by atoms with Gasteiger partial charge < -0.3 is 19.9 Å². The number of rotatable bonds is 5. The lowest BCUT2D eigenvalue weighted by atomic mass is 9.96. The third kappa shape index (κ3) is 4.02. The summed E-state index contributed by atoms with van der Waals surface area (Å²) >= 11 is 0. The number of carbonyl (C=O) groups is 1. The van der Waals surface area contributed by atoms with Crippen LogP contribution in [0.2, 0.25) is 0 Å². The van der Waals surface area contributed by atoms with Crippen molar-refractivity contribution >= 4 is 16.9 Å². The van der Waals surface area contributed by atoms with E-state index in [1.165, 1.54) is 11.1 Å². The van der Waals surface area contributed by atoms with Gasteiger partial charge in [-0.1, -0.05) is 0 Å². The molecule has 3 rings (SSSR count). The number of nitrogens with one attached hydrogen (secondary N) is 1. The van der Waals surface area contributed by atoms with Crippen LogP contribution in [0.15, 0.2) is 18.5 Å². The van der Waals surface area contributed by atoms with Crippen molar-refractivity contribution in [2.24, 2.45) is 5.92 Å². The number of carbonyl (C=O) groups excluding carboxylic acids is 1. The number of aromatic nitrogens is 2. The molecule has 1 saturated heterocycles. The highest BCUT2D eigenvalue weighted by Gasteiger charge is 2.25. The number of aliphatic hydroxyl groups excluding tert-OH is 1. The molecule has 2 N–H and O–H groups in total. The van der Waals surface area contributed by atoms with Crippen LogP contribution < -0.4 is 5.32 Å². The number of imidazole rings is 1. The van der Waals surface area contributed by atoms with Crippen LogP contribution in [0.5, 0.6) is 0 Å². The molecule has 2 aromatic rings. The van der Waals surface area contributed by atoms with Crippen molar-refractivity contribution < 1.29 is 9.90 Å². The minimum absolute atomic E-state index is 0.113. The number of amides is 1. The van der Waals surface area contributed by atoms with Crippen LogP contribution in [-0.2, 0) is 11.3 Å². The molecule has 1 fully saturated rings. The van der Waals surface area contributed by atoms with Crippen molar-refractivity contribution in [1.82, 2.24) is 19.8 Å². The normalized spacial score (nSPS) is 17.8. The highest BCUT2D eigenvalue weighted by molar-refractivity contribution is 5.78. The number of β-amino-alcohol motifs (C(OH)–C–C–N with tert-alkyl or cyclic N) is 1. The lowest BCUT2D eigenvalue weighted by Crippen LogP contribution is -2.43. The summed E-state index contributed by atoms with van der Waals surface area (Å²) in [7, 11) is 1.69. The predicted molar refractivity (Wildman–Crippen MR) is 98.4 cm³/mol. The van der Waals surface area contributed by atoms with Crippen molar-refractivity contribution in [3.63, 3.8) is 0 Å². The van der Waals surface area contributed by atoms with Gasteiger partial charge in [-0.05, 0) is 63.0 Å². The number of nitrogens with zero attached hydrogens (tertiary/aromatic N) is 3. The monoisotopic (exact) mass is 344 g/mol. The van der Waals surface area contributed by atoms with Crippen molar-refractivity contribution in [1.29, 1.82) is 0 Å². The fourth-order valence-corrected chi connectivity index (χ4v) is 3.62. The number of likely N-dealkylation sites (tertiary alicyclic amines) is 1. The molecule has 1 amide bonds. The van der Waals surface area contributed by atoms with Crippen LogP contribution in [0.1, 0.15) is 24.0 Å². The molecule has 1 aliphatic rings. The Balaban J connectivity index is 1.58. The Morgan fingerprint density at radius 3 is 2.64 bits per heavy atom. The molecule has 0 aliphatic carbocycles. The number of aliphatic hydroxyl groups is 1. The molecule has 0 radical (unpaired) electrons. The molecule has 0 bridgehead atoms. The number of fused-ring (bicyclic) bond motifs is 1. The Labute approximate surface area is 148 Å². The summed E-state index contributed by atoms with van der Waals surface area (Å²) in [5.74, 6) is 0.248. The molecule has 6 heteroatoms. The number of benzene rings is 1. The third-order valence-electron chi connectivity index (χ3n) is 5.32. The maximum atomic E-state index is 11.7. The largest absolute Gasteiger partial charge is 0.390 e. The van der Waals surface area contributed by atoms with Gasteiger partial charge in [0, 0.05) is 19.5 Å². The van der Waals surface area contributed by atoms with Crippen LogP contribution in [0.4, 0.5) is 0 Å². The van der Waals surface area contributed by atoms with E-state index in [2.05, 4.69) is 41.2 Å². The maximum Gasteiger partial charge on any atom is 0.222 e. The lowest BCUT2D eigenvalue weighted by Gasteiger charge is -2.32. The van der Waals surface area contributed by atoms with Crippen LogP contribution in [-0.4, -0.2) is 58.3 Å². The Morgan fingerprint density at radius 1 is 1.28 bits per heavy atom. The zero-order valence-corrected chi connectivity index (χ0v) is 15.3. The van der Waals surface area contributed by atoms with E-state index >= 15 is 0 Å². The fraction of sp³-hybridized carbons (Fsp3) is 0.579. The summed E-state index contributed by atoms with van der Waals surface area (Å²) in [6.45, 7) is 7.07. The first-order valence-corrected chi connectivity index (χ1v) is 9.02. The second-order valence-electron chi connectivity index (χ2n) is 7.17. The van der Waals surface area contributed by atoms with E-state index in [9.17, 15) is 9.90 Å². The van der Waals surface area contributed by atoms with E-state index in [0.29, 0.717) is 13.1 Å². The van der Waals surface area contributed by atoms with Crippen molar-refractivity contribution in [3.8, 4) is 0 Å². The zero-order chi connectivity index (χ0) is 18.0. The zero-order valence-electron chi connectivity index (χ0n) is 15.3. The Bertz CT molecular complexity index is 747. The first kappa shape index (κ1) is 17.9. The quantitative estimate of drug-likeness (QED) is 0.862. The smallest absolute Gasteiger partial charge is 0.222 e. The van der Waals surface area contributed by atoms with Crippen LogP contribution in [0.25, 0.3) is 11.0 Å². The number of hydrogen-bond acceptors (Lipinski definition) is 4. The minimum Gasteiger partial charge on any atom is -0.390 e. The van der Waals surface area contributed by atoms with Gasteiger partial charge in [0.25, 0.3) is 0 Å². The molecule has 1 atom stereocenters. The van der Waals surface area contributed by atoms with Gasteiger partial charge in [0.15, 0.2) is 0 Å². The molecule has 6 nitrogen and oxygen atoms in total. The van der Waals surface area contributed by atoms with Gasteiger partial charge >= 0.3 is 0 Å². The van der Waals surface area contributed by atoms with Crippen LogP contribution >= 0.6 is 0 Å². The van der Waals surface area contributed by atoms with Crippen LogP contribution in [0.3, 0.4) is 0 Å². The Hall–Kier alpha value is -1.92. The highest BCUT2D eigenvalue weighted by atomic mass is 16.3. The molecule has 1 unspecified atom stereocenters. The molecule has 1 aliphatic heterocycles. The molecule has 0 spiro atoms. The summed E-state index contributed by atoms with van der Waals surface area (Å²) < 4.78 is 2.03. The highest BCUT2D eigenvalue weighted by Crippen LogP contribution is 2.20. The fourth-order valence-electron chi connectivity index (χ4n) is 3.62. The summed E-state index contributed by atoms with van der Waals surface area (Å²) in [5.41, 5.74) is 4.51. The van der Waals surface area contributed by atoms with Gasteiger partial charge in [-0.15, -0.1) is 0 Å². The molecule has 136 valence electrons. The van der Waals surface area contributed by atoms with Gasteiger partial charge in [-0.3, -0.25) is 4.79 Å². The van der Waals surface area contributed by atoms with E-state index in [0.717, 1.165) is 37.0 Å². The number of aryl methyl sites for hydroxylation is 2. The molecule has 2 heterocycles. The van der Waals surface area contributed by atoms with Gasteiger partial charge in [-0.2, -0.15) is 0 Å². The Kier molecular flexibility index (Phi) is 5.39. The van der Waals surface area contributed by atoms with Crippen molar-refractivity contribution in [3.05, 3.63) is 29.6 Å². The van der Waals surface area contributed by atoms with Gasteiger partial charge in [-0.25, -0.2) is 4.98 Å². The first-order valence-electron chi connectivity index (χ1n) is 9.02. The number of piperidine rings is 1. The molecular weight excluding hydrogens is 316 g/mol. The van der Waals surface area contributed by atoms with Crippen LogP contribution in [0, 0.1) is 19.8 Å². The van der Waals surface area contributed by atoms with E-state index in [1.54, 1.807) is 7.05 Å². The van der Waals surface area contributed by atoms with Gasteiger partial charge in [0.1, 0.15) is 0 Å². The minimum atomic E-state index is -0.449. The lowest BCUT2D eigenvalue weighted by molar-refractivity contribution is -0.126. The molecule has 1 aromatic carbocycles. The predicted octanol–water partition coefficient (Wildman–Crippen LogP) is 1.47. The summed E-state index contributed by atoms with van der Waals surface area (Å²) in [6, 6.07) is 4.23. The second kappa shape index (κ2) is 7.54. The van der Waals surface area contributed by atoms with E-state index < -0.39 is 6.10 Å². The van der Waals surface area contributed by atoms with E-state index in [4.69, 9.17) is 0 Å².